The van der Waals surface area contributed by atoms with E-state index in [-0.39, 0.29) is 18.2 Å². The second-order valence-electron chi connectivity index (χ2n) is 10.7. The van der Waals surface area contributed by atoms with Crippen LogP contribution in [0.25, 0.3) is 0 Å². The van der Waals surface area contributed by atoms with Gasteiger partial charge in [-0.1, -0.05) is 81.4 Å². The monoisotopic (exact) mass is 554 g/mol. The molecular weight excluding hydrogens is 520 g/mol. The van der Waals surface area contributed by atoms with E-state index in [1.807, 2.05) is 60.7 Å². The molecule has 11 heteroatoms. The average molecular weight is 555 g/mol. The number of nitrogens with one attached hydrogen (secondary N) is 2. The zero-order chi connectivity index (χ0) is 28.4. The molecule has 2 aromatic rings. The van der Waals surface area contributed by atoms with Crippen molar-refractivity contribution in [3.8, 4) is 0 Å². The van der Waals surface area contributed by atoms with E-state index in [1.54, 1.807) is 0 Å². The minimum absolute atomic E-state index is 0.117. The van der Waals surface area contributed by atoms with Gasteiger partial charge in [-0.15, -0.1) is 0 Å². The van der Waals surface area contributed by atoms with E-state index in [0.29, 0.717) is 0 Å². The molecule has 2 aliphatic heterocycles. The summed E-state index contributed by atoms with van der Waals surface area (Å²) in [7, 11) is -3.05. The van der Waals surface area contributed by atoms with Crippen LogP contribution in [0.2, 0.25) is 5.04 Å². The molecule has 2 saturated heterocycles. The minimum atomic E-state index is -3.05. The maximum Gasteiger partial charge on any atom is 0.303 e. The molecule has 2 aliphatic rings. The Hall–Kier alpha value is -3.54. The maximum atomic E-state index is 13.1. The summed E-state index contributed by atoms with van der Waals surface area (Å²) in [5, 5.41) is 6.67. The average Bonchev–Trinajstić information content (AvgIpc) is 3.14. The van der Waals surface area contributed by atoms with Crippen LogP contribution in [0.3, 0.4) is 0 Å². The number of amides is 2. The Balaban J connectivity index is 1.79. The molecule has 2 N–H and O–H groups in total. The molecule has 1 spiro atoms. The first-order valence-corrected chi connectivity index (χ1v) is 14.7. The van der Waals surface area contributed by atoms with E-state index in [4.69, 9.17) is 18.6 Å². The first kappa shape index (κ1) is 28.5. The van der Waals surface area contributed by atoms with Crippen molar-refractivity contribution >= 4 is 42.4 Å². The van der Waals surface area contributed by atoms with E-state index >= 15 is 0 Å². The zero-order valence-electron chi connectivity index (χ0n) is 22.7. The van der Waals surface area contributed by atoms with Gasteiger partial charge in [-0.2, -0.15) is 0 Å². The van der Waals surface area contributed by atoms with Gasteiger partial charge >= 0.3 is 11.9 Å². The van der Waals surface area contributed by atoms with Crippen LogP contribution in [0.5, 0.6) is 0 Å². The molecule has 0 bridgehead atoms. The fraction of sp³-hybridized carbons (Fsp3) is 0.429. The van der Waals surface area contributed by atoms with Crippen molar-refractivity contribution in [3.05, 3.63) is 60.7 Å². The normalized spacial score (nSPS) is 25.1. The molecule has 2 amide bonds. The summed E-state index contributed by atoms with van der Waals surface area (Å²) in [6, 6.07) is 19.8. The lowest BCUT2D eigenvalue weighted by Crippen LogP contribution is -2.71. The van der Waals surface area contributed by atoms with Gasteiger partial charge in [0.25, 0.3) is 19.9 Å². The molecule has 2 heterocycles. The SMILES string of the molecule is CC(=O)O[C@@H]1[C@@H](OC(C)=O)[C@]2(NC(=O)CNC2=O)O[C@@H]1CO[Si](c1ccccc1)(c1ccccc1)C(C)(C)C. The first-order valence-electron chi connectivity index (χ1n) is 12.8. The predicted molar refractivity (Wildman–Crippen MR) is 143 cm³/mol. The molecule has 0 aliphatic carbocycles. The Morgan fingerprint density at radius 2 is 1.49 bits per heavy atom. The second-order valence-corrected chi connectivity index (χ2v) is 15.0. The summed E-state index contributed by atoms with van der Waals surface area (Å²) in [4.78, 5) is 49.7. The fourth-order valence-corrected chi connectivity index (χ4v) is 10.0. The third kappa shape index (κ3) is 5.34. The van der Waals surface area contributed by atoms with Crippen LogP contribution in [-0.2, 0) is 37.8 Å². The van der Waals surface area contributed by atoms with Crippen molar-refractivity contribution in [2.45, 2.75) is 63.7 Å². The predicted octanol–water partition coefficient (Wildman–Crippen LogP) is 0.768. The maximum absolute atomic E-state index is 13.1. The standard InChI is InChI=1S/C28H34N2O8Si/c1-18(31)36-24-22(38-28(25(24)37-19(2)32)26(34)29-16-23(33)30-28)17-35-39(27(3,4)5,20-12-8-6-9-13-20)21-14-10-7-11-15-21/h6-15,22,24-25H,16-17H2,1-5H3,(H,29,34)(H,30,33)/t22-,24+,25-,28+/m1/s1. The van der Waals surface area contributed by atoms with Crippen molar-refractivity contribution in [1.82, 2.24) is 10.6 Å². The Kier molecular flexibility index (Phi) is 7.96. The van der Waals surface area contributed by atoms with Crippen LogP contribution in [-0.4, -0.2) is 69.3 Å². The number of esters is 2. The van der Waals surface area contributed by atoms with Gasteiger partial charge < -0.3 is 29.3 Å². The molecule has 0 unspecified atom stereocenters. The lowest BCUT2D eigenvalue weighted by Gasteiger charge is -2.43. The van der Waals surface area contributed by atoms with Gasteiger partial charge in [0, 0.05) is 13.8 Å². The van der Waals surface area contributed by atoms with Crippen LogP contribution in [0, 0.1) is 0 Å². The summed E-state index contributed by atoms with van der Waals surface area (Å²) in [5.41, 5.74) is -2.08. The molecule has 0 saturated carbocycles. The summed E-state index contributed by atoms with van der Waals surface area (Å²) < 4.78 is 24.2. The second kappa shape index (κ2) is 10.9. The third-order valence-electron chi connectivity index (χ3n) is 6.95. The third-order valence-corrected chi connectivity index (χ3v) is 12.0. The number of hydrogen-bond acceptors (Lipinski definition) is 8. The summed E-state index contributed by atoms with van der Waals surface area (Å²) in [6.45, 7) is 8.30. The van der Waals surface area contributed by atoms with Crippen LogP contribution < -0.4 is 21.0 Å². The molecule has 4 rings (SSSR count). The number of hydrogen-bond donors (Lipinski definition) is 2. The first-order chi connectivity index (χ1) is 18.4. The largest absolute Gasteiger partial charge is 0.455 e. The Bertz CT molecular complexity index is 1190. The molecule has 4 atom stereocenters. The van der Waals surface area contributed by atoms with E-state index < -0.39 is 56.1 Å². The summed E-state index contributed by atoms with van der Waals surface area (Å²) in [6.07, 6.45) is -3.71. The topological polar surface area (TPSA) is 129 Å². The number of carbonyl (C=O) groups is 4. The van der Waals surface area contributed by atoms with Crippen molar-refractivity contribution in [3.63, 3.8) is 0 Å². The highest BCUT2D eigenvalue weighted by Gasteiger charge is 2.66. The molecule has 2 fully saturated rings. The van der Waals surface area contributed by atoms with E-state index in [0.717, 1.165) is 17.3 Å². The summed E-state index contributed by atoms with van der Waals surface area (Å²) >= 11 is 0. The van der Waals surface area contributed by atoms with Gasteiger partial charge in [0.2, 0.25) is 5.91 Å². The number of carbonyl (C=O) groups excluding carboxylic acids is 4. The molecular formula is C28H34N2O8Si. The smallest absolute Gasteiger partial charge is 0.303 e. The van der Waals surface area contributed by atoms with E-state index in [1.165, 1.54) is 6.92 Å². The lowest BCUT2D eigenvalue weighted by molar-refractivity contribution is -0.182. The van der Waals surface area contributed by atoms with Gasteiger partial charge in [0.15, 0.2) is 12.2 Å². The number of benzene rings is 2. The fourth-order valence-electron chi connectivity index (χ4n) is 5.44. The van der Waals surface area contributed by atoms with E-state index in [2.05, 4.69) is 31.4 Å². The Morgan fingerprint density at radius 1 is 0.949 bits per heavy atom. The molecule has 0 radical (unpaired) electrons. The van der Waals surface area contributed by atoms with Gasteiger partial charge in [-0.05, 0) is 15.4 Å². The molecule has 10 nitrogen and oxygen atoms in total. The summed E-state index contributed by atoms with van der Waals surface area (Å²) in [5.74, 6) is -2.66. The number of piperazine rings is 1. The molecule has 0 aromatic heterocycles. The highest BCUT2D eigenvalue weighted by molar-refractivity contribution is 6.99. The Labute approximate surface area is 228 Å². The molecule has 39 heavy (non-hydrogen) atoms. The van der Waals surface area contributed by atoms with Gasteiger partial charge in [-0.3, -0.25) is 19.2 Å². The highest BCUT2D eigenvalue weighted by Crippen LogP contribution is 2.40. The molecule has 2 aromatic carbocycles. The Morgan fingerprint density at radius 3 is 1.97 bits per heavy atom. The zero-order valence-corrected chi connectivity index (χ0v) is 23.7. The van der Waals surface area contributed by atoms with Gasteiger partial charge in [0.05, 0.1) is 13.2 Å². The molecule has 208 valence electrons. The highest BCUT2D eigenvalue weighted by atomic mass is 28.4. The van der Waals surface area contributed by atoms with Crippen LogP contribution in [0.1, 0.15) is 34.6 Å². The van der Waals surface area contributed by atoms with Gasteiger partial charge in [-0.25, -0.2) is 0 Å². The van der Waals surface area contributed by atoms with E-state index in [9.17, 15) is 19.2 Å². The number of ether oxygens (including phenoxy) is 3. The van der Waals surface area contributed by atoms with Crippen molar-refractivity contribution < 1.29 is 37.8 Å². The minimum Gasteiger partial charge on any atom is -0.455 e. The van der Waals surface area contributed by atoms with Crippen molar-refractivity contribution in [2.24, 2.45) is 0 Å². The van der Waals surface area contributed by atoms with Crippen LogP contribution in [0.15, 0.2) is 60.7 Å². The lowest BCUT2D eigenvalue weighted by atomic mass is 9.99. The quantitative estimate of drug-likeness (QED) is 0.379. The van der Waals surface area contributed by atoms with Crippen LogP contribution in [0.4, 0.5) is 0 Å². The van der Waals surface area contributed by atoms with Crippen molar-refractivity contribution in [2.75, 3.05) is 13.2 Å². The number of rotatable bonds is 7. The van der Waals surface area contributed by atoms with Crippen LogP contribution >= 0.6 is 0 Å². The van der Waals surface area contributed by atoms with Gasteiger partial charge in [0.1, 0.15) is 6.10 Å². The van der Waals surface area contributed by atoms with Crippen molar-refractivity contribution in [1.29, 1.82) is 0 Å².